The summed E-state index contributed by atoms with van der Waals surface area (Å²) >= 11 is 5.59. The lowest BCUT2D eigenvalue weighted by atomic mass is 9.75. The molecule has 2 atom stereocenters. The minimum atomic E-state index is -4.82. The quantitative estimate of drug-likeness (QED) is 0.577. The molecule has 1 aliphatic carbocycles. The molecule has 1 amide bonds. The van der Waals surface area contributed by atoms with Crippen molar-refractivity contribution in [2.75, 3.05) is 15.6 Å². The molecule has 13 heteroatoms. The third kappa shape index (κ3) is 3.86. The van der Waals surface area contributed by atoms with E-state index in [0.29, 0.717) is 19.3 Å². The predicted molar refractivity (Wildman–Crippen MR) is 130 cm³/mol. The first kappa shape index (κ1) is 25.4. The summed E-state index contributed by atoms with van der Waals surface area (Å²) in [7, 11) is -3.85. The minimum absolute atomic E-state index is 0.0544. The topological polar surface area (TPSA) is 111 Å². The number of carbonyl (C=O) groups is 1. The molecular weight excluding hydrogens is 531 g/mol. The molecule has 194 valence electrons. The Morgan fingerprint density at radius 3 is 2.46 bits per heavy atom. The third-order valence-corrected chi connectivity index (χ3v) is 9.12. The fourth-order valence-corrected chi connectivity index (χ4v) is 7.08. The van der Waals surface area contributed by atoms with Crippen LogP contribution in [0.2, 0.25) is 0 Å². The molecule has 2 aromatic carbocycles. The van der Waals surface area contributed by atoms with E-state index in [1.165, 1.54) is 42.2 Å². The summed E-state index contributed by atoms with van der Waals surface area (Å²) in [5.41, 5.74) is -2.79. The Morgan fingerprint density at radius 2 is 1.89 bits per heavy atom. The van der Waals surface area contributed by atoms with E-state index < -0.39 is 56.5 Å². The highest BCUT2D eigenvalue weighted by atomic mass is 32.2. The number of halogens is 3. The molecule has 3 aliphatic rings. The van der Waals surface area contributed by atoms with Crippen LogP contribution in [-0.4, -0.2) is 48.0 Å². The van der Waals surface area contributed by atoms with Crippen LogP contribution in [0.25, 0.3) is 0 Å². The van der Waals surface area contributed by atoms with Gasteiger partial charge in [-0.2, -0.15) is 18.4 Å². The van der Waals surface area contributed by atoms with E-state index in [4.69, 9.17) is 22.2 Å². The summed E-state index contributed by atoms with van der Waals surface area (Å²) in [4.78, 5) is 16.0. The fourth-order valence-electron chi connectivity index (χ4n) is 4.93. The van der Waals surface area contributed by atoms with Gasteiger partial charge >= 0.3 is 6.18 Å². The number of rotatable bonds is 3. The molecule has 0 radical (unpaired) electrons. The molecule has 2 aromatic rings. The van der Waals surface area contributed by atoms with Crippen LogP contribution < -0.4 is 14.5 Å². The van der Waals surface area contributed by atoms with Gasteiger partial charge in [-0.05, 0) is 74.8 Å². The number of hydrogen-bond donors (Lipinski definition) is 1. The number of thiocarbonyl (C=S) groups is 1. The number of amides is 1. The molecule has 1 saturated heterocycles. The van der Waals surface area contributed by atoms with Crippen molar-refractivity contribution in [3.63, 3.8) is 0 Å². The standard InChI is InChI=1S/C24H20F3N3O5S2/c1-13(31)19-12-37(33,34)20-10-16(5-6-18(20)35-19)30-22(36)29(21(32)23(30)7-2-8-23)15-4-3-14(11-28)17(9-15)24(25,26)27/h3-6,9-10,13,19,31H,2,7-8,12H2,1H3/t13?,19-/m1/s1. The first-order valence-corrected chi connectivity index (χ1v) is 13.4. The number of aliphatic hydroxyl groups excluding tert-OH is 1. The van der Waals surface area contributed by atoms with Crippen LogP contribution in [0.3, 0.4) is 0 Å². The molecular formula is C24H20F3N3O5S2. The fraction of sp³-hybridized carbons (Fsp3) is 0.375. The van der Waals surface area contributed by atoms with Crippen LogP contribution >= 0.6 is 12.2 Å². The summed E-state index contributed by atoms with van der Waals surface area (Å²) in [5, 5.41) is 18.8. The lowest BCUT2D eigenvalue weighted by molar-refractivity contribution is -0.137. The van der Waals surface area contributed by atoms with Gasteiger partial charge in [0.15, 0.2) is 14.9 Å². The average Bonchev–Trinajstić information content (AvgIpc) is 3.04. The van der Waals surface area contributed by atoms with Gasteiger partial charge in [-0.15, -0.1) is 0 Å². The van der Waals surface area contributed by atoms with Crippen LogP contribution in [0.15, 0.2) is 41.3 Å². The smallest absolute Gasteiger partial charge is 0.417 e. The molecule has 5 rings (SSSR count). The lowest BCUT2D eigenvalue weighted by Crippen LogP contribution is -2.55. The molecule has 37 heavy (non-hydrogen) atoms. The summed E-state index contributed by atoms with van der Waals surface area (Å²) in [6.07, 6.45) is -5.37. The van der Waals surface area contributed by atoms with Crippen molar-refractivity contribution in [1.82, 2.24) is 0 Å². The van der Waals surface area contributed by atoms with Crippen LogP contribution in [0.1, 0.15) is 37.3 Å². The number of nitriles is 1. The van der Waals surface area contributed by atoms with E-state index in [0.717, 1.165) is 17.0 Å². The van der Waals surface area contributed by atoms with Gasteiger partial charge in [0.05, 0.1) is 34.7 Å². The summed E-state index contributed by atoms with van der Waals surface area (Å²) in [5.74, 6) is -0.904. The van der Waals surface area contributed by atoms with Gasteiger partial charge in [-0.25, -0.2) is 8.42 Å². The Bertz CT molecular complexity index is 1480. The number of aliphatic hydroxyl groups is 1. The summed E-state index contributed by atoms with van der Waals surface area (Å²) in [6.45, 7) is 1.43. The van der Waals surface area contributed by atoms with Crippen molar-refractivity contribution in [3.8, 4) is 11.8 Å². The number of fused-ring (bicyclic) bond motifs is 1. The zero-order chi connectivity index (χ0) is 26.9. The van der Waals surface area contributed by atoms with E-state index in [2.05, 4.69) is 0 Å². The molecule has 1 spiro atoms. The van der Waals surface area contributed by atoms with Gasteiger partial charge in [0.2, 0.25) is 0 Å². The second-order valence-corrected chi connectivity index (χ2v) is 11.7. The third-order valence-electron chi connectivity index (χ3n) is 7.00. The molecule has 1 N–H and O–H groups in total. The number of carbonyl (C=O) groups excluding carboxylic acids is 1. The van der Waals surface area contributed by atoms with Crippen molar-refractivity contribution >= 4 is 44.4 Å². The van der Waals surface area contributed by atoms with E-state index in [-0.39, 0.29) is 27.1 Å². The van der Waals surface area contributed by atoms with Crippen molar-refractivity contribution in [2.24, 2.45) is 0 Å². The van der Waals surface area contributed by atoms with Gasteiger partial charge in [-0.1, -0.05) is 0 Å². The molecule has 0 aromatic heterocycles. The van der Waals surface area contributed by atoms with Crippen molar-refractivity contribution in [1.29, 1.82) is 5.26 Å². The zero-order valence-electron chi connectivity index (χ0n) is 19.3. The van der Waals surface area contributed by atoms with Gasteiger partial charge in [0.1, 0.15) is 22.3 Å². The monoisotopic (exact) mass is 551 g/mol. The van der Waals surface area contributed by atoms with Crippen LogP contribution in [0.4, 0.5) is 24.5 Å². The molecule has 2 fully saturated rings. The van der Waals surface area contributed by atoms with Crippen molar-refractivity contribution in [2.45, 2.75) is 55.0 Å². The maximum absolute atomic E-state index is 13.6. The number of sulfone groups is 1. The second-order valence-electron chi connectivity index (χ2n) is 9.29. The molecule has 2 heterocycles. The Morgan fingerprint density at radius 1 is 1.22 bits per heavy atom. The van der Waals surface area contributed by atoms with Gasteiger partial charge in [0.25, 0.3) is 5.91 Å². The number of anilines is 2. The highest BCUT2D eigenvalue weighted by molar-refractivity contribution is 7.91. The molecule has 1 saturated carbocycles. The second kappa shape index (κ2) is 8.41. The minimum Gasteiger partial charge on any atom is -0.485 e. The molecule has 8 nitrogen and oxygen atoms in total. The SMILES string of the molecule is CC(O)[C@H]1CS(=O)(=O)c2cc(N3C(=S)N(c4ccc(C#N)c(C(F)(F)F)c4)C(=O)C34CCC4)ccc2O1. The van der Waals surface area contributed by atoms with Gasteiger partial charge < -0.3 is 14.7 Å². The number of benzene rings is 2. The average molecular weight is 552 g/mol. The number of alkyl halides is 3. The Hall–Kier alpha value is -3.21. The molecule has 1 unspecified atom stereocenters. The summed E-state index contributed by atoms with van der Waals surface area (Å²) in [6, 6.07) is 8.74. The van der Waals surface area contributed by atoms with E-state index in [1.807, 2.05) is 0 Å². The predicted octanol–water partition coefficient (Wildman–Crippen LogP) is 3.55. The first-order chi connectivity index (χ1) is 17.3. The van der Waals surface area contributed by atoms with Crippen LogP contribution in [0, 0.1) is 11.3 Å². The zero-order valence-corrected chi connectivity index (χ0v) is 21.0. The van der Waals surface area contributed by atoms with E-state index in [1.54, 1.807) is 0 Å². The first-order valence-electron chi connectivity index (χ1n) is 11.3. The van der Waals surface area contributed by atoms with E-state index >= 15 is 0 Å². The lowest BCUT2D eigenvalue weighted by Gasteiger charge is -2.43. The Balaban J connectivity index is 1.59. The van der Waals surface area contributed by atoms with Gasteiger partial charge in [-0.3, -0.25) is 9.69 Å². The Kier molecular flexibility index (Phi) is 5.78. The highest BCUT2D eigenvalue weighted by Gasteiger charge is 2.60. The normalized spacial score (nSPS) is 22.8. The molecule has 2 aliphatic heterocycles. The number of nitrogens with zero attached hydrogens (tertiary/aromatic N) is 3. The van der Waals surface area contributed by atoms with Crippen LogP contribution in [-0.2, 0) is 20.8 Å². The largest absolute Gasteiger partial charge is 0.485 e. The summed E-state index contributed by atoms with van der Waals surface area (Å²) < 4.78 is 72.4. The molecule has 0 bridgehead atoms. The highest BCUT2D eigenvalue weighted by Crippen LogP contribution is 2.49. The van der Waals surface area contributed by atoms with Crippen molar-refractivity contribution < 1.29 is 36.2 Å². The van der Waals surface area contributed by atoms with Gasteiger partial charge in [0, 0.05) is 5.69 Å². The number of ether oxygens (including phenoxy) is 1. The van der Waals surface area contributed by atoms with Crippen LogP contribution in [0.5, 0.6) is 5.75 Å². The maximum atomic E-state index is 13.6. The Labute approximate surface area is 215 Å². The maximum Gasteiger partial charge on any atom is 0.417 e. The number of hydrogen-bond acceptors (Lipinski definition) is 7. The van der Waals surface area contributed by atoms with Crippen molar-refractivity contribution in [3.05, 3.63) is 47.5 Å². The van der Waals surface area contributed by atoms with E-state index in [9.17, 15) is 31.5 Å².